The number of hydrogen-bond donors (Lipinski definition) is 4. The number of aliphatic hydroxyl groups excluding tert-OH is 1. The van der Waals surface area contributed by atoms with Crippen LogP contribution >= 0.6 is 0 Å². The van der Waals surface area contributed by atoms with E-state index in [0.717, 1.165) is 61.9 Å². The molecular weight excluding hydrogens is 428 g/mol. The zero-order valence-corrected chi connectivity index (χ0v) is 20.1. The van der Waals surface area contributed by atoms with E-state index in [4.69, 9.17) is 10.1 Å². The Morgan fingerprint density at radius 2 is 1.85 bits per heavy atom. The Balaban J connectivity index is 1.26. The zero-order chi connectivity index (χ0) is 23.3. The Labute approximate surface area is 201 Å². The van der Waals surface area contributed by atoms with Gasteiger partial charge in [0.1, 0.15) is 5.52 Å². The minimum absolute atomic E-state index is 0.239. The molecular formula is C25H36N8O. The molecule has 182 valence electrons. The van der Waals surface area contributed by atoms with E-state index in [1.165, 1.54) is 43.2 Å². The quantitative estimate of drug-likeness (QED) is 0.403. The lowest BCUT2D eigenvalue weighted by Gasteiger charge is -2.34. The van der Waals surface area contributed by atoms with Crippen LogP contribution in [0.1, 0.15) is 43.2 Å². The maximum absolute atomic E-state index is 9.13. The van der Waals surface area contributed by atoms with Crippen molar-refractivity contribution >= 4 is 28.6 Å². The predicted octanol–water partition coefficient (Wildman–Crippen LogP) is 3.26. The molecule has 1 saturated carbocycles. The number of nitrogens with zero attached hydrogens (tertiary/aromatic N) is 5. The summed E-state index contributed by atoms with van der Waals surface area (Å²) < 4.78 is 0. The molecule has 2 aliphatic rings. The standard InChI is InChI=1S/C25H36N8O/c1-18-15-19(16-33-11-9-32(10-12-33)13-14-34)7-8-21(18)29-25-30-23-22(26-17-27-23)24(31-25)28-20-5-3-2-4-6-20/h7-8,15,17,20,34H,2-6,9-14,16H2,1H3,(H3,26,27,28,29,30,31). The smallest absolute Gasteiger partial charge is 0.231 e. The normalized spacial score (nSPS) is 18.4. The fourth-order valence-corrected chi connectivity index (χ4v) is 5.09. The highest BCUT2D eigenvalue weighted by Gasteiger charge is 2.19. The van der Waals surface area contributed by atoms with E-state index in [1.54, 1.807) is 6.33 Å². The minimum Gasteiger partial charge on any atom is -0.395 e. The van der Waals surface area contributed by atoms with Gasteiger partial charge >= 0.3 is 0 Å². The molecule has 0 bridgehead atoms. The average molecular weight is 465 g/mol. The van der Waals surface area contributed by atoms with Gasteiger partial charge in [-0.25, -0.2) is 4.98 Å². The van der Waals surface area contributed by atoms with Crippen LogP contribution in [-0.2, 0) is 6.54 Å². The van der Waals surface area contributed by atoms with E-state index in [-0.39, 0.29) is 6.61 Å². The SMILES string of the molecule is Cc1cc(CN2CCN(CCO)CC2)ccc1Nc1nc(NC2CCCCC2)c2nc[nH]c2n1. The van der Waals surface area contributed by atoms with E-state index >= 15 is 0 Å². The number of β-amino-alcohol motifs (C(OH)–C–C–N with tert-alkyl or cyclic N) is 1. The van der Waals surface area contributed by atoms with Crippen LogP contribution in [0.25, 0.3) is 11.2 Å². The number of aryl methyl sites for hydroxylation is 1. The summed E-state index contributed by atoms with van der Waals surface area (Å²) in [6.07, 6.45) is 7.88. The Morgan fingerprint density at radius 1 is 1.06 bits per heavy atom. The molecule has 3 heterocycles. The predicted molar refractivity (Wildman–Crippen MR) is 135 cm³/mol. The van der Waals surface area contributed by atoms with E-state index in [2.05, 4.69) is 60.5 Å². The molecule has 2 aromatic heterocycles. The number of piperazine rings is 1. The molecule has 1 saturated heterocycles. The lowest BCUT2D eigenvalue weighted by Crippen LogP contribution is -2.46. The molecule has 0 spiro atoms. The van der Waals surface area contributed by atoms with Crippen molar-refractivity contribution in [3.8, 4) is 0 Å². The first-order chi connectivity index (χ1) is 16.7. The van der Waals surface area contributed by atoms with Crippen LogP contribution in [0.4, 0.5) is 17.5 Å². The van der Waals surface area contributed by atoms with Gasteiger partial charge in [-0.15, -0.1) is 0 Å². The second-order valence-corrected chi connectivity index (χ2v) is 9.59. The van der Waals surface area contributed by atoms with Gasteiger partial charge < -0.3 is 20.7 Å². The number of nitrogens with one attached hydrogen (secondary N) is 3. The van der Waals surface area contributed by atoms with Crippen molar-refractivity contribution in [3.63, 3.8) is 0 Å². The maximum Gasteiger partial charge on any atom is 0.231 e. The molecule has 1 aliphatic heterocycles. The summed E-state index contributed by atoms with van der Waals surface area (Å²) in [5.41, 5.74) is 5.03. The third kappa shape index (κ3) is 5.48. The Bertz CT molecular complexity index is 1090. The number of H-pyrrole nitrogens is 1. The van der Waals surface area contributed by atoms with Crippen molar-refractivity contribution in [1.29, 1.82) is 0 Å². The Morgan fingerprint density at radius 3 is 2.62 bits per heavy atom. The highest BCUT2D eigenvalue weighted by atomic mass is 16.3. The summed E-state index contributed by atoms with van der Waals surface area (Å²) in [4.78, 5) is 21.8. The third-order valence-corrected chi connectivity index (χ3v) is 7.05. The van der Waals surface area contributed by atoms with Crippen LogP contribution in [0.15, 0.2) is 24.5 Å². The third-order valence-electron chi connectivity index (χ3n) is 7.05. The van der Waals surface area contributed by atoms with E-state index in [1.807, 2.05) is 0 Å². The summed E-state index contributed by atoms with van der Waals surface area (Å²) in [6.45, 7) is 8.19. The summed E-state index contributed by atoms with van der Waals surface area (Å²) >= 11 is 0. The molecule has 5 rings (SSSR count). The van der Waals surface area contributed by atoms with Crippen LogP contribution in [-0.4, -0.2) is 80.2 Å². The van der Waals surface area contributed by atoms with Crippen molar-refractivity contribution in [2.24, 2.45) is 0 Å². The minimum atomic E-state index is 0.239. The van der Waals surface area contributed by atoms with Crippen LogP contribution in [0.3, 0.4) is 0 Å². The molecule has 0 unspecified atom stereocenters. The van der Waals surface area contributed by atoms with Gasteiger partial charge in [-0.1, -0.05) is 31.4 Å². The molecule has 4 N–H and O–H groups in total. The average Bonchev–Trinajstić information content (AvgIpc) is 3.32. The lowest BCUT2D eigenvalue weighted by atomic mass is 9.95. The number of hydrogen-bond acceptors (Lipinski definition) is 8. The largest absolute Gasteiger partial charge is 0.395 e. The van der Waals surface area contributed by atoms with Gasteiger partial charge in [0.25, 0.3) is 0 Å². The fraction of sp³-hybridized carbons (Fsp3) is 0.560. The summed E-state index contributed by atoms with van der Waals surface area (Å²) in [5, 5.41) is 16.2. The van der Waals surface area contributed by atoms with Gasteiger partial charge in [0.2, 0.25) is 5.95 Å². The molecule has 34 heavy (non-hydrogen) atoms. The topological polar surface area (TPSA) is 105 Å². The summed E-state index contributed by atoms with van der Waals surface area (Å²) in [6, 6.07) is 7.01. The van der Waals surface area contributed by atoms with Crippen molar-refractivity contribution in [3.05, 3.63) is 35.7 Å². The van der Waals surface area contributed by atoms with Crippen molar-refractivity contribution in [2.45, 2.75) is 51.6 Å². The highest BCUT2D eigenvalue weighted by molar-refractivity contribution is 5.84. The van der Waals surface area contributed by atoms with Gasteiger partial charge in [0, 0.05) is 51.0 Å². The molecule has 0 radical (unpaired) electrons. The van der Waals surface area contributed by atoms with Crippen LogP contribution in [0.2, 0.25) is 0 Å². The van der Waals surface area contributed by atoms with Crippen molar-refractivity contribution in [2.75, 3.05) is 50.0 Å². The zero-order valence-electron chi connectivity index (χ0n) is 20.1. The number of fused-ring (bicyclic) bond motifs is 1. The Kier molecular flexibility index (Phi) is 7.22. The molecule has 1 aliphatic carbocycles. The van der Waals surface area contributed by atoms with Gasteiger partial charge in [0.15, 0.2) is 11.5 Å². The number of aliphatic hydroxyl groups is 1. The van der Waals surface area contributed by atoms with Crippen LogP contribution in [0.5, 0.6) is 0 Å². The second kappa shape index (κ2) is 10.7. The number of aromatic amines is 1. The number of rotatable bonds is 8. The Hall–Kier alpha value is -2.75. The lowest BCUT2D eigenvalue weighted by molar-refractivity contribution is 0.108. The first-order valence-electron chi connectivity index (χ1n) is 12.6. The first-order valence-corrected chi connectivity index (χ1v) is 12.6. The van der Waals surface area contributed by atoms with E-state index in [0.29, 0.717) is 12.0 Å². The van der Waals surface area contributed by atoms with Gasteiger partial charge in [-0.2, -0.15) is 9.97 Å². The van der Waals surface area contributed by atoms with E-state index < -0.39 is 0 Å². The van der Waals surface area contributed by atoms with Gasteiger partial charge in [-0.3, -0.25) is 9.80 Å². The van der Waals surface area contributed by atoms with Crippen LogP contribution < -0.4 is 10.6 Å². The summed E-state index contributed by atoms with van der Waals surface area (Å²) in [7, 11) is 0. The van der Waals surface area contributed by atoms with Gasteiger partial charge in [-0.05, 0) is 37.0 Å². The van der Waals surface area contributed by atoms with Crippen molar-refractivity contribution < 1.29 is 5.11 Å². The molecule has 1 aromatic carbocycles. The maximum atomic E-state index is 9.13. The van der Waals surface area contributed by atoms with Gasteiger partial charge in [0.05, 0.1) is 12.9 Å². The molecule has 0 atom stereocenters. The first kappa shape index (κ1) is 23.0. The molecule has 2 fully saturated rings. The molecule has 3 aromatic rings. The fourth-order valence-electron chi connectivity index (χ4n) is 5.09. The van der Waals surface area contributed by atoms with Crippen molar-refractivity contribution in [1.82, 2.24) is 29.7 Å². The van der Waals surface area contributed by atoms with E-state index in [9.17, 15) is 0 Å². The summed E-state index contributed by atoms with van der Waals surface area (Å²) in [5.74, 6) is 1.38. The number of anilines is 3. The monoisotopic (exact) mass is 464 g/mol. The second-order valence-electron chi connectivity index (χ2n) is 9.59. The number of benzene rings is 1. The molecule has 9 nitrogen and oxygen atoms in total. The molecule has 9 heteroatoms. The number of aromatic nitrogens is 4. The molecule has 0 amide bonds. The highest BCUT2D eigenvalue weighted by Crippen LogP contribution is 2.27. The number of imidazole rings is 1. The van der Waals surface area contributed by atoms with Crippen LogP contribution in [0, 0.1) is 6.92 Å².